The molecule has 0 heterocycles. The summed E-state index contributed by atoms with van der Waals surface area (Å²) in [7, 11) is 0. The molecule has 0 aromatic heterocycles. The quantitative estimate of drug-likeness (QED) is 0.0200. The maximum Gasteiger partial charge on any atom is 0.306 e. The zero-order valence-corrected chi connectivity index (χ0v) is 39.9. The van der Waals surface area contributed by atoms with Crippen molar-refractivity contribution in [2.75, 3.05) is 13.2 Å². The smallest absolute Gasteiger partial charge is 0.306 e. The highest BCUT2D eigenvalue weighted by Crippen LogP contribution is 2.15. The molecule has 350 valence electrons. The van der Waals surface area contributed by atoms with E-state index in [0.717, 1.165) is 77.0 Å². The highest BCUT2D eigenvalue weighted by molar-refractivity contribution is 5.71. The van der Waals surface area contributed by atoms with Crippen molar-refractivity contribution in [1.29, 1.82) is 0 Å². The molecule has 0 rings (SSSR count). The second-order valence-corrected chi connectivity index (χ2v) is 16.8. The van der Waals surface area contributed by atoms with Crippen molar-refractivity contribution < 1.29 is 28.6 Å². The van der Waals surface area contributed by atoms with Gasteiger partial charge in [0.2, 0.25) is 0 Å². The number of carbonyl (C=O) groups excluding carboxylic acids is 3. The molecule has 0 aliphatic carbocycles. The maximum atomic E-state index is 12.8. The fourth-order valence-electron chi connectivity index (χ4n) is 6.98. The van der Waals surface area contributed by atoms with Crippen molar-refractivity contribution in [2.24, 2.45) is 0 Å². The van der Waals surface area contributed by atoms with E-state index in [1.165, 1.54) is 116 Å². The van der Waals surface area contributed by atoms with Gasteiger partial charge < -0.3 is 14.2 Å². The fourth-order valence-corrected chi connectivity index (χ4v) is 6.98. The van der Waals surface area contributed by atoms with Crippen LogP contribution in [0.4, 0.5) is 0 Å². The minimum Gasteiger partial charge on any atom is -0.462 e. The number of unbranched alkanes of at least 4 members (excludes halogenated alkanes) is 25. The molecule has 61 heavy (non-hydrogen) atoms. The lowest BCUT2D eigenvalue weighted by molar-refractivity contribution is -0.166. The van der Waals surface area contributed by atoms with Crippen LogP contribution in [0.15, 0.2) is 72.9 Å². The highest BCUT2D eigenvalue weighted by atomic mass is 16.6. The van der Waals surface area contributed by atoms with Crippen LogP contribution in [0, 0.1) is 0 Å². The van der Waals surface area contributed by atoms with Gasteiger partial charge in [-0.1, -0.05) is 235 Å². The predicted octanol–water partition coefficient (Wildman–Crippen LogP) is 16.6. The average Bonchev–Trinajstić information content (AvgIpc) is 3.26. The highest BCUT2D eigenvalue weighted by Gasteiger charge is 2.19. The van der Waals surface area contributed by atoms with Gasteiger partial charge in [0, 0.05) is 19.3 Å². The molecule has 0 amide bonds. The summed E-state index contributed by atoms with van der Waals surface area (Å²) >= 11 is 0. The van der Waals surface area contributed by atoms with Crippen LogP contribution in [0.25, 0.3) is 0 Å². The number of esters is 3. The van der Waals surface area contributed by atoms with Crippen LogP contribution in [0.5, 0.6) is 0 Å². The fraction of sp³-hybridized carbons (Fsp3) is 0.727. The van der Waals surface area contributed by atoms with Crippen molar-refractivity contribution in [3.63, 3.8) is 0 Å². The summed E-state index contributed by atoms with van der Waals surface area (Å²) in [5, 5.41) is 0. The summed E-state index contributed by atoms with van der Waals surface area (Å²) in [6.07, 6.45) is 61.8. The van der Waals surface area contributed by atoms with Crippen LogP contribution in [0.1, 0.15) is 239 Å². The number of ether oxygens (including phenoxy) is 3. The molecule has 0 aromatic carbocycles. The van der Waals surface area contributed by atoms with Gasteiger partial charge in [-0.3, -0.25) is 14.4 Å². The largest absolute Gasteiger partial charge is 0.462 e. The van der Waals surface area contributed by atoms with E-state index >= 15 is 0 Å². The van der Waals surface area contributed by atoms with Crippen LogP contribution in [0.2, 0.25) is 0 Å². The van der Waals surface area contributed by atoms with Crippen molar-refractivity contribution in [2.45, 2.75) is 245 Å². The van der Waals surface area contributed by atoms with E-state index in [0.29, 0.717) is 19.3 Å². The Bertz CT molecular complexity index is 1160. The molecule has 0 saturated carbocycles. The summed E-state index contributed by atoms with van der Waals surface area (Å²) in [4.78, 5) is 37.9. The first-order valence-corrected chi connectivity index (χ1v) is 25.5. The number of allylic oxidation sites excluding steroid dienone is 12. The molecular weight excluding hydrogens is 757 g/mol. The molecule has 0 N–H and O–H groups in total. The zero-order chi connectivity index (χ0) is 44.4. The molecule has 0 radical (unpaired) electrons. The molecule has 0 aliphatic heterocycles. The number of rotatable bonds is 45. The lowest BCUT2D eigenvalue weighted by Crippen LogP contribution is -2.30. The topological polar surface area (TPSA) is 78.9 Å². The first-order chi connectivity index (χ1) is 30.0. The van der Waals surface area contributed by atoms with Gasteiger partial charge in [0.1, 0.15) is 13.2 Å². The summed E-state index contributed by atoms with van der Waals surface area (Å²) in [5.41, 5.74) is 0. The van der Waals surface area contributed by atoms with Crippen LogP contribution in [-0.4, -0.2) is 37.2 Å². The van der Waals surface area contributed by atoms with E-state index in [2.05, 4.69) is 69.4 Å². The summed E-state index contributed by atoms with van der Waals surface area (Å²) in [6, 6.07) is 0. The van der Waals surface area contributed by atoms with Gasteiger partial charge in [-0.05, 0) is 57.8 Å². The molecule has 0 spiro atoms. The Morgan fingerprint density at radius 2 is 0.738 bits per heavy atom. The first kappa shape index (κ1) is 57.9. The van der Waals surface area contributed by atoms with Gasteiger partial charge in [0.15, 0.2) is 6.10 Å². The van der Waals surface area contributed by atoms with Crippen LogP contribution in [0.3, 0.4) is 0 Å². The lowest BCUT2D eigenvalue weighted by atomic mass is 10.0. The minimum atomic E-state index is -0.805. The van der Waals surface area contributed by atoms with E-state index in [1.807, 2.05) is 24.3 Å². The molecular formula is C55H94O6. The Labute approximate surface area is 376 Å². The molecule has 1 unspecified atom stereocenters. The molecule has 6 nitrogen and oxygen atoms in total. The normalized spacial score (nSPS) is 12.6. The second kappa shape index (κ2) is 49.5. The minimum absolute atomic E-state index is 0.103. The SMILES string of the molecule is CC\C=C/C=C\C=C/C=C\CCCCCCCC(=O)OCC(COC(=O)CC/C=C\C/C=C\CCCCCCCC)OC(=O)CCCCCCCCCCCCCCCCC. The van der Waals surface area contributed by atoms with E-state index < -0.39 is 6.10 Å². The van der Waals surface area contributed by atoms with Crippen molar-refractivity contribution >= 4 is 17.9 Å². The number of hydrogen-bond donors (Lipinski definition) is 0. The third kappa shape index (κ3) is 47.7. The van der Waals surface area contributed by atoms with Crippen molar-refractivity contribution in [3.05, 3.63) is 72.9 Å². The molecule has 1 atom stereocenters. The molecule has 0 aromatic rings. The van der Waals surface area contributed by atoms with Crippen molar-refractivity contribution in [1.82, 2.24) is 0 Å². The second-order valence-electron chi connectivity index (χ2n) is 16.8. The van der Waals surface area contributed by atoms with Gasteiger partial charge >= 0.3 is 17.9 Å². The van der Waals surface area contributed by atoms with E-state index in [1.54, 1.807) is 0 Å². The van der Waals surface area contributed by atoms with E-state index in [-0.39, 0.29) is 37.5 Å². The third-order valence-corrected chi connectivity index (χ3v) is 10.8. The average molecular weight is 851 g/mol. The summed E-state index contributed by atoms with van der Waals surface area (Å²) in [6.45, 7) is 6.42. The zero-order valence-electron chi connectivity index (χ0n) is 39.9. The maximum absolute atomic E-state index is 12.8. The number of carbonyl (C=O) groups is 3. The lowest BCUT2D eigenvalue weighted by Gasteiger charge is -2.18. The van der Waals surface area contributed by atoms with Crippen LogP contribution < -0.4 is 0 Å². The molecule has 0 saturated heterocycles. The third-order valence-electron chi connectivity index (χ3n) is 10.8. The van der Waals surface area contributed by atoms with Gasteiger partial charge in [-0.25, -0.2) is 0 Å². The molecule has 0 bridgehead atoms. The Morgan fingerprint density at radius 3 is 1.23 bits per heavy atom. The van der Waals surface area contributed by atoms with Gasteiger partial charge in [-0.15, -0.1) is 0 Å². The predicted molar refractivity (Wildman–Crippen MR) is 261 cm³/mol. The number of hydrogen-bond acceptors (Lipinski definition) is 6. The Morgan fingerprint density at radius 1 is 0.361 bits per heavy atom. The van der Waals surface area contributed by atoms with Crippen LogP contribution >= 0.6 is 0 Å². The first-order valence-electron chi connectivity index (χ1n) is 25.5. The van der Waals surface area contributed by atoms with Gasteiger partial charge in [-0.2, -0.15) is 0 Å². The van der Waals surface area contributed by atoms with Crippen molar-refractivity contribution in [3.8, 4) is 0 Å². The monoisotopic (exact) mass is 851 g/mol. The Hall–Kier alpha value is -3.15. The van der Waals surface area contributed by atoms with Gasteiger partial charge in [0.25, 0.3) is 0 Å². The van der Waals surface area contributed by atoms with E-state index in [4.69, 9.17) is 14.2 Å². The standard InChI is InChI=1S/C55H94O6/c1-4-7-10-13-16-19-22-25-27-30-33-36-39-42-45-48-54(57)60-51-52(50-59-53(56)47-44-41-38-35-32-29-24-21-18-15-12-9-6-3)61-55(58)49-46-43-40-37-34-31-28-26-23-20-17-14-11-8-5-2/h7,10,13,16,19,22,25,27,29,32,38,41,52H,4-6,8-9,11-12,14-15,17-18,20-21,23-24,26,28,30-31,33-37,39-40,42-51H2,1-3H3/b10-7-,16-13-,22-19-,27-25-,32-29-,41-38-. The van der Waals surface area contributed by atoms with Gasteiger partial charge in [0.05, 0.1) is 0 Å². The summed E-state index contributed by atoms with van der Waals surface area (Å²) in [5.74, 6) is -0.991. The summed E-state index contributed by atoms with van der Waals surface area (Å²) < 4.78 is 16.7. The molecule has 0 fully saturated rings. The van der Waals surface area contributed by atoms with Crippen LogP contribution in [-0.2, 0) is 28.6 Å². The Kier molecular flexibility index (Phi) is 46.9. The molecule has 6 heteroatoms. The molecule has 0 aliphatic rings. The van der Waals surface area contributed by atoms with E-state index in [9.17, 15) is 14.4 Å². The Balaban J connectivity index is 4.47.